The van der Waals surface area contributed by atoms with Crippen LogP contribution in [-0.2, 0) is 33.9 Å². The monoisotopic (exact) mass is 362 g/mol. The van der Waals surface area contributed by atoms with E-state index in [1.54, 1.807) is 12.1 Å². The molecule has 3 rings (SSSR count). The molecule has 0 saturated carbocycles. The number of hydrogen-bond donors (Lipinski definition) is 0. The van der Waals surface area contributed by atoms with E-state index >= 15 is 0 Å². The summed E-state index contributed by atoms with van der Waals surface area (Å²) in [4.78, 5) is 11.9. The highest BCUT2D eigenvalue weighted by atomic mass is 35.5. The fourth-order valence-corrected chi connectivity index (χ4v) is 2.79. The molecule has 1 heterocycles. The molecule has 0 bridgehead atoms. The molecule has 0 atom stereocenters. The van der Waals surface area contributed by atoms with Crippen LogP contribution in [0, 0.1) is 0 Å². The number of rotatable bonds is 6. The molecule has 1 aliphatic heterocycles. The molecule has 2 aromatic rings. The lowest BCUT2D eigenvalue weighted by atomic mass is 10.1. The third-order valence-electron chi connectivity index (χ3n) is 3.83. The van der Waals surface area contributed by atoms with E-state index in [0.717, 1.165) is 12.0 Å². The summed E-state index contributed by atoms with van der Waals surface area (Å²) in [5.41, 5.74) is 2.77. The Hall–Kier alpha value is -2.24. The molecule has 0 aromatic heterocycles. The standard InChI is InChI=1S/C19H19ClO5/c1-2-13-3-5-17(6-4-13)23-11-18(21)24-10-15-8-16(20)7-14-9-22-12-25-19(14)15/h3-8H,2,9-12H2,1H3. The molecule has 132 valence electrons. The molecule has 25 heavy (non-hydrogen) atoms. The molecular formula is C19H19ClO5. The van der Waals surface area contributed by atoms with Gasteiger partial charge in [0.25, 0.3) is 0 Å². The van der Waals surface area contributed by atoms with E-state index in [4.69, 9.17) is 30.5 Å². The first-order chi connectivity index (χ1) is 12.2. The number of carbonyl (C=O) groups excluding carboxylic acids is 1. The zero-order valence-corrected chi connectivity index (χ0v) is 14.7. The van der Waals surface area contributed by atoms with Gasteiger partial charge in [-0.25, -0.2) is 4.79 Å². The molecule has 1 aliphatic rings. The number of benzene rings is 2. The van der Waals surface area contributed by atoms with Crippen molar-refractivity contribution in [2.75, 3.05) is 13.4 Å². The number of ether oxygens (including phenoxy) is 4. The number of esters is 1. The zero-order valence-electron chi connectivity index (χ0n) is 13.9. The summed E-state index contributed by atoms with van der Waals surface area (Å²) in [5.74, 6) is 0.842. The second kappa shape index (κ2) is 8.23. The summed E-state index contributed by atoms with van der Waals surface area (Å²) in [6.45, 7) is 2.59. The lowest BCUT2D eigenvalue weighted by Crippen LogP contribution is -2.17. The Morgan fingerprint density at radius 3 is 2.80 bits per heavy atom. The highest BCUT2D eigenvalue weighted by Gasteiger charge is 2.17. The number of halogens is 1. The van der Waals surface area contributed by atoms with Crippen LogP contribution in [0.3, 0.4) is 0 Å². The molecule has 5 nitrogen and oxygen atoms in total. The molecule has 0 spiro atoms. The Balaban J connectivity index is 1.54. The van der Waals surface area contributed by atoms with E-state index in [2.05, 4.69) is 6.92 Å². The van der Waals surface area contributed by atoms with Gasteiger partial charge in [0.05, 0.1) is 6.61 Å². The van der Waals surface area contributed by atoms with Gasteiger partial charge in [0, 0.05) is 16.1 Å². The molecule has 6 heteroatoms. The summed E-state index contributed by atoms with van der Waals surface area (Å²) in [6, 6.07) is 11.1. The molecular weight excluding hydrogens is 344 g/mol. The lowest BCUT2D eigenvalue weighted by Gasteiger charge is -2.21. The Morgan fingerprint density at radius 2 is 2.04 bits per heavy atom. The maximum absolute atomic E-state index is 11.9. The predicted octanol–water partition coefficient (Wildman–Crippen LogP) is 3.89. The van der Waals surface area contributed by atoms with Crippen molar-refractivity contribution in [1.29, 1.82) is 0 Å². The van der Waals surface area contributed by atoms with Gasteiger partial charge in [-0.3, -0.25) is 0 Å². The number of fused-ring (bicyclic) bond motifs is 1. The van der Waals surface area contributed by atoms with Crippen molar-refractivity contribution in [3.05, 3.63) is 58.1 Å². The third kappa shape index (κ3) is 4.65. The van der Waals surface area contributed by atoms with Gasteiger partial charge in [-0.15, -0.1) is 0 Å². The van der Waals surface area contributed by atoms with Crippen LogP contribution < -0.4 is 9.47 Å². The SMILES string of the molecule is CCc1ccc(OCC(=O)OCc2cc(Cl)cc3c2OCOC3)cc1. The van der Waals surface area contributed by atoms with Gasteiger partial charge in [-0.2, -0.15) is 0 Å². The Labute approximate surface area is 151 Å². The maximum Gasteiger partial charge on any atom is 0.344 e. The molecule has 0 N–H and O–H groups in total. The van der Waals surface area contributed by atoms with Crippen LogP contribution >= 0.6 is 11.6 Å². The molecule has 2 aromatic carbocycles. The molecule has 0 saturated heterocycles. The topological polar surface area (TPSA) is 54.0 Å². The van der Waals surface area contributed by atoms with Crippen LogP contribution in [-0.4, -0.2) is 19.4 Å². The van der Waals surface area contributed by atoms with Crippen molar-refractivity contribution in [3.8, 4) is 11.5 Å². The van der Waals surface area contributed by atoms with Crippen molar-refractivity contribution in [3.63, 3.8) is 0 Å². The van der Waals surface area contributed by atoms with Gasteiger partial charge in [0.15, 0.2) is 13.4 Å². The fraction of sp³-hybridized carbons (Fsp3) is 0.316. The average Bonchev–Trinajstić information content (AvgIpc) is 2.64. The highest BCUT2D eigenvalue weighted by Crippen LogP contribution is 2.32. The third-order valence-corrected chi connectivity index (χ3v) is 4.05. The average molecular weight is 363 g/mol. The van der Waals surface area contributed by atoms with Crippen molar-refractivity contribution in [2.45, 2.75) is 26.6 Å². The minimum atomic E-state index is -0.458. The normalized spacial score (nSPS) is 12.9. The van der Waals surface area contributed by atoms with Crippen LogP contribution in [0.4, 0.5) is 0 Å². The Morgan fingerprint density at radius 1 is 1.24 bits per heavy atom. The summed E-state index contributed by atoms with van der Waals surface area (Å²) >= 11 is 6.09. The second-order valence-corrected chi connectivity index (χ2v) is 6.05. The van der Waals surface area contributed by atoms with Gasteiger partial charge < -0.3 is 18.9 Å². The van der Waals surface area contributed by atoms with E-state index in [0.29, 0.717) is 28.7 Å². The molecule has 0 radical (unpaired) electrons. The van der Waals surface area contributed by atoms with Crippen LogP contribution in [0.15, 0.2) is 36.4 Å². The first kappa shape index (κ1) is 17.6. The van der Waals surface area contributed by atoms with Crippen molar-refractivity contribution in [2.24, 2.45) is 0 Å². The van der Waals surface area contributed by atoms with Crippen LogP contribution in [0.25, 0.3) is 0 Å². The Kier molecular flexibility index (Phi) is 5.79. The summed E-state index contributed by atoms with van der Waals surface area (Å²) in [5, 5.41) is 0.547. The number of carbonyl (C=O) groups is 1. The van der Waals surface area contributed by atoms with E-state index in [9.17, 15) is 4.79 Å². The summed E-state index contributed by atoms with van der Waals surface area (Å²) < 4.78 is 21.4. The maximum atomic E-state index is 11.9. The molecule has 0 aliphatic carbocycles. The Bertz CT molecular complexity index is 742. The van der Waals surface area contributed by atoms with Gasteiger partial charge >= 0.3 is 5.97 Å². The van der Waals surface area contributed by atoms with Crippen LogP contribution in [0.1, 0.15) is 23.6 Å². The fourth-order valence-electron chi connectivity index (χ4n) is 2.53. The van der Waals surface area contributed by atoms with Crippen molar-refractivity contribution >= 4 is 17.6 Å². The molecule has 0 amide bonds. The molecule has 0 unspecified atom stereocenters. The van der Waals surface area contributed by atoms with Crippen molar-refractivity contribution < 1.29 is 23.7 Å². The first-order valence-electron chi connectivity index (χ1n) is 8.05. The quantitative estimate of drug-likeness (QED) is 0.730. The van der Waals surface area contributed by atoms with Gasteiger partial charge in [0.1, 0.15) is 18.1 Å². The van der Waals surface area contributed by atoms with Gasteiger partial charge in [-0.1, -0.05) is 30.7 Å². The highest BCUT2D eigenvalue weighted by molar-refractivity contribution is 6.30. The van der Waals surface area contributed by atoms with E-state index in [1.165, 1.54) is 5.56 Å². The minimum Gasteiger partial charge on any atom is -0.482 e. The second-order valence-electron chi connectivity index (χ2n) is 5.61. The predicted molar refractivity (Wildman–Crippen MR) is 92.8 cm³/mol. The largest absolute Gasteiger partial charge is 0.482 e. The minimum absolute atomic E-state index is 0.0693. The van der Waals surface area contributed by atoms with E-state index in [-0.39, 0.29) is 20.0 Å². The van der Waals surface area contributed by atoms with E-state index < -0.39 is 5.97 Å². The van der Waals surface area contributed by atoms with E-state index in [1.807, 2.05) is 24.3 Å². The van der Waals surface area contributed by atoms with Gasteiger partial charge in [0.2, 0.25) is 0 Å². The number of hydrogen-bond acceptors (Lipinski definition) is 5. The summed E-state index contributed by atoms with van der Waals surface area (Å²) in [7, 11) is 0. The number of aryl methyl sites for hydroxylation is 1. The van der Waals surface area contributed by atoms with Crippen molar-refractivity contribution in [1.82, 2.24) is 0 Å². The smallest absolute Gasteiger partial charge is 0.344 e. The first-order valence-corrected chi connectivity index (χ1v) is 8.42. The zero-order chi connectivity index (χ0) is 17.6. The summed E-state index contributed by atoms with van der Waals surface area (Å²) in [6.07, 6.45) is 0.958. The molecule has 0 fully saturated rings. The van der Waals surface area contributed by atoms with Gasteiger partial charge in [-0.05, 0) is 36.2 Å². The van der Waals surface area contributed by atoms with Crippen LogP contribution in [0.2, 0.25) is 5.02 Å². The van der Waals surface area contributed by atoms with Crippen LogP contribution in [0.5, 0.6) is 11.5 Å². The lowest BCUT2D eigenvalue weighted by molar-refractivity contribution is -0.147.